The van der Waals surface area contributed by atoms with Gasteiger partial charge >= 0.3 is 0 Å². The van der Waals surface area contributed by atoms with Crippen LogP contribution in [0.4, 0.5) is 17.6 Å². The molecule has 1 fully saturated rings. The number of hydrogen-bond acceptors (Lipinski definition) is 8. The van der Waals surface area contributed by atoms with E-state index in [2.05, 4.69) is 25.6 Å². The van der Waals surface area contributed by atoms with Crippen LogP contribution >= 0.6 is 0 Å². The number of nitrogens with one attached hydrogen (secondary N) is 2. The highest BCUT2D eigenvalue weighted by molar-refractivity contribution is 5.50. The average Bonchev–Trinajstić information content (AvgIpc) is 2.39. The van der Waals surface area contributed by atoms with Gasteiger partial charge in [-0.15, -0.1) is 0 Å². The summed E-state index contributed by atoms with van der Waals surface area (Å²) in [6, 6.07) is 1.72. The van der Waals surface area contributed by atoms with Gasteiger partial charge in [-0.3, -0.25) is 4.90 Å². The number of hydrogen-bond donors (Lipinski definition) is 4. The van der Waals surface area contributed by atoms with Gasteiger partial charge in [-0.25, -0.2) is 5.84 Å². The van der Waals surface area contributed by atoms with Gasteiger partial charge in [0.2, 0.25) is 5.95 Å². The maximum Gasteiger partial charge on any atom is 0.223 e. The maximum atomic E-state index is 5.56. The van der Waals surface area contributed by atoms with Crippen LogP contribution in [0.25, 0.3) is 0 Å². The number of morpholine rings is 1. The van der Waals surface area contributed by atoms with E-state index in [4.69, 9.17) is 16.3 Å². The zero-order valence-corrected chi connectivity index (χ0v) is 10.2. The Bertz CT molecular complexity index is 380. The first-order valence-electron chi connectivity index (χ1n) is 5.93. The van der Waals surface area contributed by atoms with Crippen LogP contribution in [0.15, 0.2) is 6.07 Å². The van der Waals surface area contributed by atoms with E-state index in [9.17, 15) is 0 Å². The summed E-state index contributed by atoms with van der Waals surface area (Å²) in [5, 5.41) is 3.20. The Morgan fingerprint density at radius 2 is 2.00 bits per heavy atom. The highest BCUT2D eigenvalue weighted by Gasteiger charge is 2.09. The number of ether oxygens (including phenoxy) is 1. The van der Waals surface area contributed by atoms with Crippen LogP contribution in [-0.2, 0) is 4.74 Å². The number of rotatable bonds is 5. The zero-order valence-electron chi connectivity index (χ0n) is 10.2. The fraction of sp³-hybridized carbons (Fsp3) is 0.600. The molecule has 0 aliphatic carbocycles. The molecule has 1 aliphatic rings. The third-order valence-electron chi connectivity index (χ3n) is 2.73. The first-order valence-corrected chi connectivity index (χ1v) is 5.93. The first kappa shape index (κ1) is 12.8. The van der Waals surface area contributed by atoms with E-state index in [1.807, 2.05) is 0 Å². The van der Waals surface area contributed by atoms with E-state index in [1.54, 1.807) is 6.07 Å². The lowest BCUT2D eigenvalue weighted by Crippen LogP contribution is -2.39. The number of nitrogen functional groups attached to an aromatic ring is 2. The van der Waals surface area contributed by atoms with E-state index in [0.717, 1.165) is 39.4 Å². The molecule has 0 atom stereocenters. The highest BCUT2D eigenvalue weighted by Crippen LogP contribution is 2.10. The minimum Gasteiger partial charge on any atom is -0.379 e. The van der Waals surface area contributed by atoms with Crippen molar-refractivity contribution < 1.29 is 4.74 Å². The fourth-order valence-electron chi connectivity index (χ4n) is 1.80. The molecule has 8 heteroatoms. The van der Waals surface area contributed by atoms with Crippen molar-refractivity contribution in [2.75, 3.05) is 55.9 Å². The molecule has 1 aliphatic heterocycles. The molecule has 100 valence electrons. The Labute approximate surface area is 106 Å². The quantitative estimate of drug-likeness (QED) is 0.394. The van der Waals surface area contributed by atoms with Crippen LogP contribution < -0.4 is 22.3 Å². The topological polar surface area (TPSA) is 114 Å². The lowest BCUT2D eigenvalue weighted by Gasteiger charge is -2.26. The molecule has 8 nitrogen and oxygen atoms in total. The molecule has 1 aromatic heterocycles. The predicted octanol–water partition coefficient (Wildman–Crippen LogP) is -0.911. The summed E-state index contributed by atoms with van der Waals surface area (Å²) in [5.41, 5.74) is 8.01. The van der Waals surface area contributed by atoms with Crippen LogP contribution in [0.1, 0.15) is 0 Å². The molecule has 0 amide bonds. The van der Waals surface area contributed by atoms with Crippen LogP contribution in [0.5, 0.6) is 0 Å². The number of nitrogens with two attached hydrogens (primary N) is 2. The van der Waals surface area contributed by atoms with Gasteiger partial charge in [0.15, 0.2) is 0 Å². The van der Waals surface area contributed by atoms with Gasteiger partial charge in [-0.05, 0) is 0 Å². The van der Waals surface area contributed by atoms with E-state index < -0.39 is 0 Å². The zero-order chi connectivity index (χ0) is 12.8. The smallest absolute Gasteiger partial charge is 0.223 e. The molecule has 1 aromatic rings. The Balaban J connectivity index is 1.80. The van der Waals surface area contributed by atoms with E-state index in [0.29, 0.717) is 11.6 Å². The van der Waals surface area contributed by atoms with Crippen LogP contribution in [0, 0.1) is 0 Å². The van der Waals surface area contributed by atoms with Gasteiger partial charge in [0.05, 0.1) is 13.2 Å². The second-order valence-electron chi connectivity index (χ2n) is 4.02. The van der Waals surface area contributed by atoms with Gasteiger partial charge < -0.3 is 21.2 Å². The van der Waals surface area contributed by atoms with Crippen molar-refractivity contribution in [2.45, 2.75) is 0 Å². The van der Waals surface area contributed by atoms with Crippen LogP contribution in [0.3, 0.4) is 0 Å². The van der Waals surface area contributed by atoms with Crippen molar-refractivity contribution in [3.05, 3.63) is 6.07 Å². The van der Waals surface area contributed by atoms with Crippen molar-refractivity contribution in [2.24, 2.45) is 5.84 Å². The SMILES string of the molecule is NNc1cc(NCCN2CCOCC2)nc(N)n1. The molecule has 0 spiro atoms. The Morgan fingerprint density at radius 3 is 2.72 bits per heavy atom. The first-order chi connectivity index (χ1) is 8.78. The molecule has 0 saturated carbocycles. The van der Waals surface area contributed by atoms with Crippen molar-refractivity contribution in [3.63, 3.8) is 0 Å². The van der Waals surface area contributed by atoms with Crippen molar-refractivity contribution in [3.8, 4) is 0 Å². The van der Waals surface area contributed by atoms with Crippen molar-refractivity contribution in [1.29, 1.82) is 0 Å². The largest absolute Gasteiger partial charge is 0.379 e. The molecule has 0 bridgehead atoms. The van der Waals surface area contributed by atoms with Gasteiger partial charge in [-0.1, -0.05) is 0 Å². The van der Waals surface area contributed by atoms with Crippen LogP contribution in [0.2, 0.25) is 0 Å². The monoisotopic (exact) mass is 253 g/mol. The summed E-state index contributed by atoms with van der Waals surface area (Å²) in [5.74, 6) is 6.65. The van der Waals surface area contributed by atoms with E-state index in [-0.39, 0.29) is 5.95 Å². The van der Waals surface area contributed by atoms with E-state index in [1.165, 1.54) is 0 Å². The predicted molar refractivity (Wildman–Crippen MR) is 70.0 cm³/mol. The third-order valence-corrected chi connectivity index (χ3v) is 2.73. The Hall–Kier alpha value is -1.64. The minimum atomic E-state index is 0.194. The average molecular weight is 253 g/mol. The fourth-order valence-corrected chi connectivity index (χ4v) is 1.80. The molecule has 2 rings (SSSR count). The Kier molecular flexibility index (Phi) is 4.51. The van der Waals surface area contributed by atoms with Crippen molar-refractivity contribution in [1.82, 2.24) is 14.9 Å². The molecular formula is C10H19N7O. The summed E-state index contributed by atoms with van der Waals surface area (Å²) in [6.45, 7) is 5.30. The van der Waals surface area contributed by atoms with E-state index >= 15 is 0 Å². The lowest BCUT2D eigenvalue weighted by atomic mass is 10.4. The maximum absolute atomic E-state index is 5.56. The lowest BCUT2D eigenvalue weighted by molar-refractivity contribution is 0.0398. The number of anilines is 3. The molecular weight excluding hydrogens is 234 g/mol. The number of nitrogens with zero attached hydrogens (tertiary/aromatic N) is 3. The Morgan fingerprint density at radius 1 is 1.28 bits per heavy atom. The summed E-state index contributed by atoms with van der Waals surface area (Å²) >= 11 is 0. The van der Waals surface area contributed by atoms with Gasteiger partial charge in [0, 0.05) is 32.2 Å². The summed E-state index contributed by atoms with van der Waals surface area (Å²) in [7, 11) is 0. The normalized spacial score (nSPS) is 16.5. The molecule has 1 saturated heterocycles. The minimum absolute atomic E-state index is 0.194. The molecule has 0 aromatic carbocycles. The number of hydrazine groups is 1. The summed E-state index contributed by atoms with van der Waals surface area (Å²) in [4.78, 5) is 10.3. The summed E-state index contributed by atoms with van der Waals surface area (Å²) < 4.78 is 5.29. The summed E-state index contributed by atoms with van der Waals surface area (Å²) in [6.07, 6.45) is 0. The standard InChI is InChI=1S/C10H19N7O/c11-10-14-8(7-9(15-10)16-12)13-1-2-17-3-5-18-6-4-17/h7H,1-6,12H2,(H4,11,13,14,15,16). The molecule has 18 heavy (non-hydrogen) atoms. The van der Waals surface area contributed by atoms with Crippen LogP contribution in [-0.4, -0.2) is 54.3 Å². The molecule has 6 N–H and O–H groups in total. The molecule has 2 heterocycles. The van der Waals surface area contributed by atoms with Gasteiger partial charge in [0.1, 0.15) is 11.6 Å². The highest BCUT2D eigenvalue weighted by atomic mass is 16.5. The third kappa shape index (κ3) is 3.69. The van der Waals surface area contributed by atoms with Gasteiger partial charge in [-0.2, -0.15) is 9.97 Å². The molecule has 0 radical (unpaired) electrons. The van der Waals surface area contributed by atoms with Crippen molar-refractivity contribution >= 4 is 17.6 Å². The second kappa shape index (κ2) is 6.34. The second-order valence-corrected chi connectivity index (χ2v) is 4.02. The molecule has 0 unspecified atom stereocenters. The number of aromatic nitrogens is 2. The van der Waals surface area contributed by atoms with Gasteiger partial charge in [0.25, 0.3) is 0 Å².